The normalized spacial score (nSPS) is 16.2. The van der Waals surface area contributed by atoms with Crippen LogP contribution in [0, 0.1) is 5.92 Å². The van der Waals surface area contributed by atoms with Crippen LogP contribution in [0.5, 0.6) is 0 Å². The minimum Gasteiger partial charge on any atom is -0.347 e. The SMILES string of the molecule is CC(NC(=O)[C@H](Cc1ccccc1)NC(=O)c1ccccc1)C(=O)N[C@H](C(=O)C(=O)NC1CCN(C)CC1)C(C)C. The molecule has 0 saturated carbocycles. The molecule has 3 atom stereocenters. The van der Waals surface area contributed by atoms with E-state index < -0.39 is 47.5 Å². The largest absolute Gasteiger partial charge is 0.347 e. The predicted molar refractivity (Wildman–Crippen MR) is 156 cm³/mol. The number of hydrogen-bond acceptors (Lipinski definition) is 6. The van der Waals surface area contributed by atoms with Crippen molar-refractivity contribution in [1.29, 1.82) is 0 Å². The molecule has 220 valence electrons. The highest BCUT2D eigenvalue weighted by Gasteiger charge is 2.33. The van der Waals surface area contributed by atoms with Crippen LogP contribution >= 0.6 is 0 Å². The second kappa shape index (κ2) is 15.1. The van der Waals surface area contributed by atoms with Crippen molar-refractivity contribution >= 4 is 29.4 Å². The van der Waals surface area contributed by atoms with Gasteiger partial charge < -0.3 is 26.2 Å². The van der Waals surface area contributed by atoms with Crippen LogP contribution in [0.1, 0.15) is 49.5 Å². The number of nitrogens with one attached hydrogen (secondary N) is 4. The summed E-state index contributed by atoms with van der Waals surface area (Å²) in [6.07, 6.45) is 1.72. The van der Waals surface area contributed by atoms with Gasteiger partial charge in [0.25, 0.3) is 11.8 Å². The number of carbonyl (C=O) groups excluding carboxylic acids is 5. The molecule has 1 aliphatic rings. The lowest BCUT2D eigenvalue weighted by Gasteiger charge is -2.30. The number of amides is 4. The van der Waals surface area contributed by atoms with Gasteiger partial charge in [-0.3, -0.25) is 24.0 Å². The fraction of sp³-hybridized carbons (Fsp3) is 0.452. The van der Waals surface area contributed by atoms with E-state index in [2.05, 4.69) is 26.2 Å². The van der Waals surface area contributed by atoms with Gasteiger partial charge in [0.1, 0.15) is 12.1 Å². The summed E-state index contributed by atoms with van der Waals surface area (Å²) >= 11 is 0. The quantitative estimate of drug-likeness (QED) is 0.289. The Morgan fingerprint density at radius 3 is 1.98 bits per heavy atom. The molecule has 41 heavy (non-hydrogen) atoms. The standard InChI is InChI=1S/C31H41N5O5/c1-20(2)26(27(37)31(41)33-24-15-17-36(4)18-16-24)35-28(38)21(3)32-30(40)25(19-22-11-7-5-8-12-22)34-29(39)23-13-9-6-10-14-23/h5-14,20-21,24-26H,15-19H2,1-4H3,(H,32,40)(H,33,41)(H,34,39)(H,35,38)/t21?,25-,26-/m0/s1. The molecule has 2 aromatic carbocycles. The number of benzene rings is 2. The first kappa shape index (κ1) is 31.5. The molecule has 1 fully saturated rings. The Kier molecular flexibility index (Phi) is 11.6. The van der Waals surface area contributed by atoms with Crippen molar-refractivity contribution < 1.29 is 24.0 Å². The highest BCUT2D eigenvalue weighted by molar-refractivity contribution is 6.38. The predicted octanol–water partition coefficient (Wildman–Crippen LogP) is 1.45. The molecule has 4 N–H and O–H groups in total. The summed E-state index contributed by atoms with van der Waals surface area (Å²) in [7, 11) is 2.01. The van der Waals surface area contributed by atoms with Crippen molar-refractivity contribution in [3.8, 4) is 0 Å². The first-order chi connectivity index (χ1) is 19.5. The van der Waals surface area contributed by atoms with Gasteiger partial charge in [0.05, 0.1) is 6.04 Å². The number of hydrogen-bond donors (Lipinski definition) is 4. The van der Waals surface area contributed by atoms with E-state index in [4.69, 9.17) is 0 Å². The molecule has 0 aliphatic carbocycles. The van der Waals surface area contributed by atoms with Crippen LogP contribution < -0.4 is 21.3 Å². The molecule has 4 amide bonds. The Balaban J connectivity index is 1.63. The lowest BCUT2D eigenvalue weighted by molar-refractivity contribution is -0.141. The molecule has 10 nitrogen and oxygen atoms in total. The van der Waals surface area contributed by atoms with Gasteiger partial charge in [-0.15, -0.1) is 0 Å². The Hall–Kier alpha value is -4.05. The first-order valence-corrected chi connectivity index (χ1v) is 14.1. The fourth-order valence-electron chi connectivity index (χ4n) is 4.63. The number of likely N-dealkylation sites (tertiary alicyclic amines) is 1. The van der Waals surface area contributed by atoms with E-state index in [-0.39, 0.29) is 18.4 Å². The number of ketones is 1. The van der Waals surface area contributed by atoms with Crippen molar-refractivity contribution in [3.63, 3.8) is 0 Å². The highest BCUT2D eigenvalue weighted by atomic mass is 16.2. The summed E-state index contributed by atoms with van der Waals surface area (Å²) < 4.78 is 0. The van der Waals surface area contributed by atoms with Crippen LogP contribution in [-0.2, 0) is 25.6 Å². The van der Waals surface area contributed by atoms with E-state index in [1.165, 1.54) is 6.92 Å². The molecule has 0 spiro atoms. The third-order valence-corrected chi connectivity index (χ3v) is 7.22. The zero-order valence-electron chi connectivity index (χ0n) is 24.2. The zero-order valence-corrected chi connectivity index (χ0v) is 24.2. The Labute approximate surface area is 241 Å². The van der Waals surface area contributed by atoms with Gasteiger partial charge in [-0.2, -0.15) is 0 Å². The molecule has 1 aliphatic heterocycles. The minimum atomic E-state index is -1.05. The van der Waals surface area contributed by atoms with E-state index >= 15 is 0 Å². The van der Waals surface area contributed by atoms with Crippen LogP contribution in [0.3, 0.4) is 0 Å². The maximum atomic E-state index is 13.3. The summed E-state index contributed by atoms with van der Waals surface area (Å²) in [6.45, 7) is 6.63. The van der Waals surface area contributed by atoms with Crippen LogP contribution in [-0.4, -0.2) is 78.6 Å². The Morgan fingerprint density at radius 1 is 0.805 bits per heavy atom. The molecule has 0 bridgehead atoms. The average Bonchev–Trinajstić information content (AvgIpc) is 2.96. The summed E-state index contributed by atoms with van der Waals surface area (Å²) in [6, 6.07) is 14.7. The fourth-order valence-corrected chi connectivity index (χ4v) is 4.63. The zero-order chi connectivity index (χ0) is 29.9. The van der Waals surface area contributed by atoms with Crippen LogP contribution in [0.4, 0.5) is 0 Å². The lowest BCUT2D eigenvalue weighted by atomic mass is 9.97. The number of rotatable bonds is 12. The van der Waals surface area contributed by atoms with E-state index in [1.54, 1.807) is 44.2 Å². The van der Waals surface area contributed by atoms with E-state index in [0.29, 0.717) is 5.56 Å². The summed E-state index contributed by atoms with van der Waals surface area (Å²) in [4.78, 5) is 67.1. The van der Waals surface area contributed by atoms with Gasteiger partial charge in [-0.1, -0.05) is 62.4 Å². The van der Waals surface area contributed by atoms with E-state index in [0.717, 1.165) is 31.5 Å². The van der Waals surface area contributed by atoms with Crippen LogP contribution in [0.25, 0.3) is 0 Å². The second-order valence-electron chi connectivity index (χ2n) is 11.0. The second-order valence-corrected chi connectivity index (χ2v) is 11.0. The molecule has 1 unspecified atom stereocenters. The molecule has 1 saturated heterocycles. The van der Waals surface area contributed by atoms with Gasteiger partial charge in [0.15, 0.2) is 0 Å². The highest BCUT2D eigenvalue weighted by Crippen LogP contribution is 2.10. The first-order valence-electron chi connectivity index (χ1n) is 14.1. The summed E-state index contributed by atoms with van der Waals surface area (Å²) in [5.74, 6) is -3.36. The molecular formula is C31H41N5O5. The Bertz CT molecular complexity index is 1200. The maximum Gasteiger partial charge on any atom is 0.289 e. The number of carbonyl (C=O) groups is 5. The molecule has 0 radical (unpaired) electrons. The average molecular weight is 564 g/mol. The van der Waals surface area contributed by atoms with E-state index in [1.807, 2.05) is 37.4 Å². The number of nitrogens with zero attached hydrogens (tertiary/aromatic N) is 1. The maximum absolute atomic E-state index is 13.3. The third-order valence-electron chi connectivity index (χ3n) is 7.22. The smallest absolute Gasteiger partial charge is 0.289 e. The van der Waals surface area contributed by atoms with Crippen LogP contribution in [0.15, 0.2) is 60.7 Å². The lowest BCUT2D eigenvalue weighted by Crippen LogP contribution is -2.58. The van der Waals surface area contributed by atoms with Crippen molar-refractivity contribution in [2.45, 2.75) is 64.2 Å². The van der Waals surface area contributed by atoms with Crippen molar-refractivity contribution in [3.05, 3.63) is 71.8 Å². The van der Waals surface area contributed by atoms with Gasteiger partial charge in [0.2, 0.25) is 17.6 Å². The molecule has 1 heterocycles. The molecule has 3 rings (SSSR count). The monoisotopic (exact) mass is 563 g/mol. The third kappa shape index (κ3) is 9.53. The molecule has 0 aromatic heterocycles. The Morgan fingerprint density at radius 2 is 1.39 bits per heavy atom. The van der Waals surface area contributed by atoms with Crippen molar-refractivity contribution in [2.75, 3.05) is 20.1 Å². The topological polar surface area (TPSA) is 137 Å². The molecule has 2 aromatic rings. The number of piperidine rings is 1. The van der Waals surface area contributed by atoms with Gasteiger partial charge >= 0.3 is 0 Å². The number of Topliss-reactive ketones (excluding diaryl/α,β-unsaturated/α-hetero) is 1. The summed E-state index contributed by atoms with van der Waals surface area (Å²) in [5.41, 5.74) is 1.24. The van der Waals surface area contributed by atoms with Crippen molar-refractivity contribution in [2.24, 2.45) is 5.92 Å². The minimum absolute atomic E-state index is 0.0861. The molecular weight excluding hydrogens is 522 g/mol. The van der Waals surface area contributed by atoms with Gasteiger partial charge in [-0.05, 0) is 63.5 Å². The van der Waals surface area contributed by atoms with Gasteiger partial charge in [0, 0.05) is 18.0 Å². The molecule has 10 heteroatoms. The van der Waals surface area contributed by atoms with Crippen LogP contribution in [0.2, 0.25) is 0 Å². The van der Waals surface area contributed by atoms with E-state index in [9.17, 15) is 24.0 Å². The summed E-state index contributed by atoms with van der Waals surface area (Å²) in [5, 5.41) is 10.9. The van der Waals surface area contributed by atoms with Crippen molar-refractivity contribution in [1.82, 2.24) is 26.2 Å². The van der Waals surface area contributed by atoms with Gasteiger partial charge in [-0.25, -0.2) is 0 Å².